The molecule has 164 valence electrons. The Balaban J connectivity index is 1.48. The number of H-pyrrole nitrogens is 1. The lowest BCUT2D eigenvalue weighted by Crippen LogP contribution is -2.29. The third kappa shape index (κ3) is 2.28. The molecule has 7 nitrogen and oxygen atoms in total. The van der Waals surface area contributed by atoms with Crippen molar-refractivity contribution in [2.45, 2.75) is 11.8 Å². The number of carbonyl (C=O) groups is 1. The van der Waals surface area contributed by atoms with E-state index in [2.05, 4.69) is 16.0 Å². The minimum Gasteiger partial charge on any atom is -0.497 e. The van der Waals surface area contributed by atoms with Crippen molar-refractivity contribution < 1.29 is 23.7 Å². The maximum atomic E-state index is 13.0. The summed E-state index contributed by atoms with van der Waals surface area (Å²) < 4.78 is 22.2. The van der Waals surface area contributed by atoms with Crippen molar-refractivity contribution in [3.63, 3.8) is 0 Å². The topological polar surface area (TPSA) is 73.0 Å². The first-order valence-electron chi connectivity index (χ1n) is 10.6. The van der Waals surface area contributed by atoms with Crippen molar-refractivity contribution in [3.05, 3.63) is 53.2 Å². The molecule has 1 saturated carbocycles. The van der Waals surface area contributed by atoms with Crippen molar-refractivity contribution in [2.24, 2.45) is 5.92 Å². The van der Waals surface area contributed by atoms with Gasteiger partial charge >= 0.3 is 0 Å². The predicted octanol–water partition coefficient (Wildman–Crippen LogP) is 4.06. The quantitative estimate of drug-likeness (QED) is 0.656. The number of nitrogens with one attached hydrogen (secondary N) is 1. The number of hydrogen-bond acceptors (Lipinski definition) is 6. The molecule has 1 N–H and O–H groups in total. The number of aromatic nitrogens is 1. The Kier molecular flexibility index (Phi) is 3.85. The number of allylic oxidation sites excluding steroid dienone is 2. The number of methoxy groups -OCH3 is 4. The number of hydrogen-bond donors (Lipinski definition) is 1. The number of piperidine rings is 1. The van der Waals surface area contributed by atoms with Gasteiger partial charge in [0, 0.05) is 34.7 Å². The van der Waals surface area contributed by atoms with Crippen molar-refractivity contribution >= 4 is 22.5 Å². The maximum Gasteiger partial charge on any atom is 0.205 e. The minimum atomic E-state index is -0.117. The SMILES string of the molecule is COc1ccc2c(c1)[C@@]13C[C@@H]1CN(c1cc4cc(OC)c(OC)c(OC)c4[nH]1)C3=CC2=O. The molecule has 2 aliphatic carbocycles. The van der Waals surface area contributed by atoms with Crippen LogP contribution in [0, 0.1) is 5.92 Å². The van der Waals surface area contributed by atoms with Crippen LogP contribution in [0.5, 0.6) is 23.0 Å². The summed E-state index contributed by atoms with van der Waals surface area (Å²) in [7, 11) is 6.48. The summed E-state index contributed by atoms with van der Waals surface area (Å²) in [5.74, 6) is 3.95. The summed E-state index contributed by atoms with van der Waals surface area (Å²) in [5.41, 5.74) is 3.64. The highest BCUT2D eigenvalue weighted by Crippen LogP contribution is 2.67. The second-order valence-corrected chi connectivity index (χ2v) is 8.55. The Bertz CT molecular complexity index is 1320. The van der Waals surface area contributed by atoms with Gasteiger partial charge in [-0.3, -0.25) is 4.79 Å². The van der Waals surface area contributed by atoms with Gasteiger partial charge in [0.05, 0.1) is 34.0 Å². The van der Waals surface area contributed by atoms with Crippen LogP contribution in [0.3, 0.4) is 0 Å². The van der Waals surface area contributed by atoms with Gasteiger partial charge in [-0.2, -0.15) is 0 Å². The molecule has 0 amide bonds. The molecule has 7 heteroatoms. The normalized spacial score (nSPS) is 22.8. The maximum absolute atomic E-state index is 13.0. The van der Waals surface area contributed by atoms with E-state index >= 15 is 0 Å². The number of nitrogens with zero attached hydrogens (tertiary/aromatic N) is 1. The first kappa shape index (κ1) is 19.1. The van der Waals surface area contributed by atoms with Crippen molar-refractivity contribution in [3.8, 4) is 23.0 Å². The molecule has 0 bridgehead atoms. The van der Waals surface area contributed by atoms with Crippen molar-refractivity contribution in [1.82, 2.24) is 4.98 Å². The standard InChI is InChI=1S/C25H24N2O5/c1-29-15-5-6-16-17(9-15)25-11-14(25)12-27(20(25)10-18(16)28)21-8-13-7-19(30-2)23(31-3)24(32-4)22(13)26-21/h5-10,14,26H,11-12H2,1-4H3/t14-,25-/m1/s1. The molecule has 1 spiro atoms. The van der Waals surface area contributed by atoms with Crippen molar-refractivity contribution in [2.75, 3.05) is 39.9 Å². The fraction of sp³-hybridized carbons (Fsp3) is 0.320. The summed E-state index contributed by atoms with van der Waals surface area (Å²) in [6, 6.07) is 9.80. The van der Waals surface area contributed by atoms with Gasteiger partial charge in [-0.05, 0) is 48.2 Å². The van der Waals surface area contributed by atoms with E-state index in [4.69, 9.17) is 18.9 Å². The highest BCUT2D eigenvalue weighted by molar-refractivity contribution is 6.09. The number of ketones is 1. The third-order valence-electron chi connectivity index (χ3n) is 7.19. The molecule has 3 aromatic rings. The van der Waals surface area contributed by atoms with E-state index in [0.717, 1.165) is 52.3 Å². The molecular weight excluding hydrogens is 408 g/mol. The van der Waals surface area contributed by atoms with Crippen molar-refractivity contribution in [1.29, 1.82) is 0 Å². The molecule has 6 rings (SSSR count). The number of ether oxygens (including phenoxy) is 4. The minimum absolute atomic E-state index is 0.0397. The summed E-state index contributed by atoms with van der Waals surface area (Å²) in [5, 5.41) is 0.953. The highest BCUT2D eigenvalue weighted by atomic mass is 16.5. The van der Waals surface area contributed by atoms with Gasteiger partial charge in [0.2, 0.25) is 5.75 Å². The van der Waals surface area contributed by atoms with Crippen LogP contribution in [-0.2, 0) is 5.41 Å². The zero-order valence-electron chi connectivity index (χ0n) is 18.4. The van der Waals surface area contributed by atoms with Crippen LogP contribution in [-0.4, -0.2) is 45.8 Å². The van der Waals surface area contributed by atoms with E-state index in [0.29, 0.717) is 23.2 Å². The van der Waals surface area contributed by atoms with Gasteiger partial charge in [0.1, 0.15) is 11.6 Å². The van der Waals surface area contributed by atoms with Crippen LogP contribution in [0.4, 0.5) is 5.82 Å². The molecule has 0 radical (unpaired) electrons. The second kappa shape index (κ2) is 6.45. The molecule has 2 atom stereocenters. The van der Waals surface area contributed by atoms with Crippen LogP contribution in [0.1, 0.15) is 22.3 Å². The fourth-order valence-corrected chi connectivity index (χ4v) is 5.64. The Morgan fingerprint density at radius 2 is 1.81 bits per heavy atom. The molecule has 2 heterocycles. The number of rotatable bonds is 5. The average molecular weight is 432 g/mol. The Hall–Kier alpha value is -3.61. The van der Waals surface area contributed by atoms with Gasteiger partial charge in [-0.15, -0.1) is 0 Å². The number of aromatic amines is 1. The molecule has 2 fully saturated rings. The Labute approximate surface area is 185 Å². The summed E-state index contributed by atoms with van der Waals surface area (Å²) in [4.78, 5) is 18.7. The zero-order valence-corrected chi connectivity index (χ0v) is 18.4. The molecular formula is C25H24N2O5. The number of anilines is 1. The van der Waals surface area contributed by atoms with Gasteiger partial charge in [-0.25, -0.2) is 0 Å². The predicted molar refractivity (Wildman–Crippen MR) is 120 cm³/mol. The molecule has 1 saturated heterocycles. The van der Waals surface area contributed by atoms with E-state index in [1.54, 1.807) is 28.4 Å². The fourth-order valence-electron chi connectivity index (χ4n) is 5.64. The molecule has 2 aromatic carbocycles. The highest BCUT2D eigenvalue weighted by Gasteiger charge is 2.66. The smallest absolute Gasteiger partial charge is 0.205 e. The Morgan fingerprint density at radius 1 is 1.00 bits per heavy atom. The molecule has 3 aliphatic rings. The molecule has 1 aliphatic heterocycles. The zero-order chi connectivity index (χ0) is 22.2. The van der Waals surface area contributed by atoms with Gasteiger partial charge < -0.3 is 28.8 Å². The van der Waals surface area contributed by atoms with E-state index in [-0.39, 0.29) is 11.2 Å². The van der Waals surface area contributed by atoms with E-state index < -0.39 is 0 Å². The molecule has 0 unspecified atom stereocenters. The first-order valence-corrected chi connectivity index (χ1v) is 10.6. The first-order chi connectivity index (χ1) is 15.5. The second-order valence-electron chi connectivity index (χ2n) is 8.55. The molecule has 1 aromatic heterocycles. The lowest BCUT2D eigenvalue weighted by molar-refractivity contribution is 0.104. The lowest BCUT2D eigenvalue weighted by atomic mass is 9.81. The van der Waals surface area contributed by atoms with E-state index in [1.807, 2.05) is 30.3 Å². The number of carbonyl (C=O) groups excluding carboxylic acids is 1. The van der Waals surface area contributed by atoms with Crippen LogP contribution >= 0.6 is 0 Å². The van der Waals surface area contributed by atoms with Crippen LogP contribution in [0.15, 0.2) is 42.1 Å². The average Bonchev–Trinajstić information content (AvgIpc) is 3.21. The van der Waals surface area contributed by atoms with Crippen LogP contribution < -0.4 is 23.8 Å². The van der Waals surface area contributed by atoms with Gasteiger partial charge in [0.25, 0.3) is 0 Å². The third-order valence-corrected chi connectivity index (χ3v) is 7.19. The lowest BCUT2D eigenvalue weighted by Gasteiger charge is -2.30. The number of benzene rings is 2. The Morgan fingerprint density at radius 3 is 2.53 bits per heavy atom. The largest absolute Gasteiger partial charge is 0.497 e. The summed E-state index contributed by atoms with van der Waals surface area (Å²) >= 11 is 0. The number of fused-ring (bicyclic) bond motifs is 2. The van der Waals surface area contributed by atoms with Gasteiger partial charge in [-0.1, -0.05) is 0 Å². The van der Waals surface area contributed by atoms with Gasteiger partial charge in [0.15, 0.2) is 17.3 Å². The summed E-state index contributed by atoms with van der Waals surface area (Å²) in [6.45, 7) is 0.846. The molecule has 32 heavy (non-hydrogen) atoms. The van der Waals surface area contributed by atoms with Crippen LogP contribution in [0.25, 0.3) is 10.9 Å². The monoisotopic (exact) mass is 432 g/mol. The van der Waals surface area contributed by atoms with E-state index in [9.17, 15) is 4.79 Å². The van der Waals surface area contributed by atoms with Crippen LogP contribution in [0.2, 0.25) is 0 Å². The van der Waals surface area contributed by atoms with E-state index in [1.165, 1.54) is 0 Å². The summed E-state index contributed by atoms with van der Waals surface area (Å²) in [6.07, 6.45) is 2.86.